The average molecular weight is 505 g/mol. The molecule has 1 atom stereocenters. The van der Waals surface area contributed by atoms with Crippen LogP contribution < -0.4 is 21.3 Å². The van der Waals surface area contributed by atoms with E-state index >= 15 is 0 Å². The maximum atomic E-state index is 13.7. The number of thiazole rings is 1. The number of nitrogens with zero attached hydrogens (tertiary/aromatic N) is 4. The van der Waals surface area contributed by atoms with Crippen LogP contribution >= 0.6 is 22.9 Å². The minimum Gasteiger partial charge on any atom is -0.473 e. The summed E-state index contributed by atoms with van der Waals surface area (Å²) in [6.45, 7) is 1.95. The summed E-state index contributed by atoms with van der Waals surface area (Å²) in [5.74, 6) is 0.618. The van der Waals surface area contributed by atoms with E-state index in [1.165, 1.54) is 11.3 Å². The Bertz CT molecular complexity index is 1580. The van der Waals surface area contributed by atoms with E-state index < -0.39 is 0 Å². The molecule has 0 saturated carbocycles. The summed E-state index contributed by atoms with van der Waals surface area (Å²) < 4.78 is 6.90. The molecule has 0 radical (unpaired) electrons. The number of nitrogens with one attached hydrogen (secondary N) is 1. The van der Waals surface area contributed by atoms with Crippen molar-refractivity contribution < 1.29 is 4.74 Å². The minimum atomic E-state index is -0.347. The van der Waals surface area contributed by atoms with Gasteiger partial charge in [-0.05, 0) is 36.6 Å². The van der Waals surface area contributed by atoms with E-state index in [9.17, 15) is 4.79 Å². The van der Waals surface area contributed by atoms with Gasteiger partial charge in [-0.25, -0.2) is 9.97 Å². The number of nitrogen functional groups attached to an aromatic ring is 1. The van der Waals surface area contributed by atoms with Crippen molar-refractivity contribution in [2.45, 2.75) is 13.0 Å². The second-order valence-electron chi connectivity index (χ2n) is 7.81. The summed E-state index contributed by atoms with van der Waals surface area (Å²) in [6.07, 6.45) is 1.62. The SMILES string of the molecule is COc1nc(-c2cnc(N)nc2N[C@@H](C)c2cc3cccc(Cl)c3c(=O)n2-c2ccccc2)cs1. The molecule has 0 unspecified atom stereocenters. The number of rotatable bonds is 6. The minimum absolute atomic E-state index is 0.122. The molecule has 0 saturated heterocycles. The van der Waals surface area contributed by atoms with Crippen molar-refractivity contribution in [3.8, 4) is 22.1 Å². The number of benzene rings is 2. The number of halogens is 1. The van der Waals surface area contributed by atoms with Gasteiger partial charge in [0.15, 0.2) is 0 Å². The largest absolute Gasteiger partial charge is 0.473 e. The number of para-hydroxylation sites is 1. The molecule has 0 aliphatic carbocycles. The lowest BCUT2D eigenvalue weighted by Gasteiger charge is -2.22. The topological polar surface area (TPSA) is 108 Å². The Balaban J connectivity index is 1.65. The number of fused-ring (bicyclic) bond motifs is 1. The van der Waals surface area contributed by atoms with Gasteiger partial charge < -0.3 is 15.8 Å². The van der Waals surface area contributed by atoms with Crippen molar-refractivity contribution in [1.29, 1.82) is 0 Å². The highest BCUT2D eigenvalue weighted by Crippen LogP contribution is 2.33. The average Bonchev–Trinajstić information content (AvgIpc) is 3.33. The van der Waals surface area contributed by atoms with Crippen LogP contribution in [0.25, 0.3) is 27.7 Å². The summed E-state index contributed by atoms with van der Waals surface area (Å²) in [6, 6.07) is 16.5. The van der Waals surface area contributed by atoms with Gasteiger partial charge in [-0.3, -0.25) is 9.36 Å². The number of anilines is 2. The van der Waals surface area contributed by atoms with Crippen molar-refractivity contribution in [3.63, 3.8) is 0 Å². The first kappa shape index (κ1) is 22.8. The maximum absolute atomic E-state index is 13.7. The van der Waals surface area contributed by atoms with Gasteiger partial charge in [0, 0.05) is 23.0 Å². The molecule has 3 N–H and O–H groups in total. The van der Waals surface area contributed by atoms with E-state index in [-0.39, 0.29) is 17.5 Å². The zero-order valence-electron chi connectivity index (χ0n) is 18.9. The molecule has 0 spiro atoms. The predicted molar refractivity (Wildman–Crippen MR) is 141 cm³/mol. The molecular formula is C25H21ClN6O2S. The quantitative estimate of drug-likeness (QED) is 0.322. The number of hydrogen-bond donors (Lipinski definition) is 2. The van der Waals surface area contributed by atoms with Gasteiger partial charge >= 0.3 is 0 Å². The Hall–Kier alpha value is -3.95. The molecule has 0 amide bonds. The van der Waals surface area contributed by atoms with Crippen molar-refractivity contribution in [2.75, 3.05) is 18.2 Å². The zero-order valence-corrected chi connectivity index (χ0v) is 20.5. The molecule has 176 valence electrons. The molecule has 5 rings (SSSR count). The number of pyridine rings is 1. The van der Waals surface area contributed by atoms with Gasteiger partial charge in [0.25, 0.3) is 10.8 Å². The van der Waals surface area contributed by atoms with Crippen LogP contribution in [0.4, 0.5) is 11.8 Å². The van der Waals surface area contributed by atoms with E-state index in [4.69, 9.17) is 22.1 Å². The van der Waals surface area contributed by atoms with Gasteiger partial charge in [0.2, 0.25) is 5.95 Å². The van der Waals surface area contributed by atoms with Crippen LogP contribution in [-0.2, 0) is 0 Å². The van der Waals surface area contributed by atoms with Crippen LogP contribution in [0.3, 0.4) is 0 Å². The summed E-state index contributed by atoms with van der Waals surface area (Å²) in [7, 11) is 1.57. The first-order valence-corrected chi connectivity index (χ1v) is 12.0. The first-order valence-electron chi connectivity index (χ1n) is 10.7. The molecule has 3 heterocycles. The molecule has 8 nitrogen and oxygen atoms in total. The standard InChI is InChI=1S/C25H21ClN6O2S/c1-14(29-22-17(12-28-24(27)31-22)19-13-35-25(30-19)34-2)20-11-15-7-6-10-18(26)21(15)23(33)32(20)16-8-4-3-5-9-16/h3-14H,1-2H3,(H3,27,28,29,31)/t14-/m0/s1. The number of hydrogen-bond acceptors (Lipinski definition) is 8. The Morgan fingerprint density at radius 2 is 1.94 bits per heavy atom. The van der Waals surface area contributed by atoms with Gasteiger partial charge in [0.1, 0.15) is 5.82 Å². The Morgan fingerprint density at radius 3 is 2.69 bits per heavy atom. The van der Waals surface area contributed by atoms with Gasteiger partial charge in [-0.1, -0.05) is 53.3 Å². The number of ether oxygens (including phenoxy) is 1. The van der Waals surface area contributed by atoms with Crippen molar-refractivity contribution in [1.82, 2.24) is 19.5 Å². The second-order valence-corrected chi connectivity index (χ2v) is 9.04. The first-order chi connectivity index (χ1) is 17.0. The molecule has 0 fully saturated rings. The second kappa shape index (κ2) is 9.36. The molecule has 0 aliphatic rings. The van der Waals surface area contributed by atoms with E-state index in [0.29, 0.717) is 32.7 Å². The third kappa shape index (κ3) is 4.31. The Labute approximate surface area is 210 Å². The fourth-order valence-corrected chi connectivity index (χ4v) is 4.85. The Morgan fingerprint density at radius 1 is 1.14 bits per heavy atom. The molecule has 0 bridgehead atoms. The number of aromatic nitrogens is 4. The van der Waals surface area contributed by atoms with Crippen molar-refractivity contribution in [3.05, 3.63) is 87.2 Å². The van der Waals surface area contributed by atoms with E-state index in [1.54, 1.807) is 23.9 Å². The van der Waals surface area contributed by atoms with Crippen LogP contribution in [0.15, 0.2) is 71.0 Å². The lowest BCUT2D eigenvalue weighted by Crippen LogP contribution is -2.26. The molecule has 35 heavy (non-hydrogen) atoms. The third-order valence-electron chi connectivity index (χ3n) is 5.58. The molecule has 0 aliphatic heterocycles. The highest BCUT2D eigenvalue weighted by molar-refractivity contribution is 7.11. The third-order valence-corrected chi connectivity index (χ3v) is 6.69. The summed E-state index contributed by atoms with van der Waals surface area (Å²) in [5, 5.41) is 7.43. The maximum Gasteiger partial charge on any atom is 0.273 e. The van der Waals surface area contributed by atoms with Crippen LogP contribution in [0, 0.1) is 0 Å². The van der Waals surface area contributed by atoms with Gasteiger partial charge in [0.05, 0.1) is 34.8 Å². The van der Waals surface area contributed by atoms with Crippen LogP contribution in [0.2, 0.25) is 5.02 Å². The highest BCUT2D eigenvalue weighted by Gasteiger charge is 2.20. The predicted octanol–water partition coefficient (Wildman–Crippen LogP) is 5.32. The van der Waals surface area contributed by atoms with Crippen molar-refractivity contribution >= 4 is 45.5 Å². The van der Waals surface area contributed by atoms with E-state index in [0.717, 1.165) is 16.8 Å². The molecule has 5 aromatic rings. The van der Waals surface area contributed by atoms with Crippen LogP contribution in [0.5, 0.6) is 5.19 Å². The number of nitrogens with two attached hydrogens (primary N) is 1. The smallest absolute Gasteiger partial charge is 0.273 e. The lowest BCUT2D eigenvalue weighted by molar-refractivity contribution is 0.412. The normalized spacial score (nSPS) is 12.0. The van der Waals surface area contributed by atoms with Crippen LogP contribution in [-0.4, -0.2) is 26.6 Å². The van der Waals surface area contributed by atoms with E-state index in [1.807, 2.05) is 60.8 Å². The van der Waals surface area contributed by atoms with Crippen LogP contribution in [0.1, 0.15) is 18.7 Å². The number of methoxy groups -OCH3 is 1. The summed E-state index contributed by atoms with van der Waals surface area (Å²) in [4.78, 5) is 26.7. The van der Waals surface area contributed by atoms with Crippen molar-refractivity contribution in [2.24, 2.45) is 0 Å². The molecule has 10 heteroatoms. The fourth-order valence-electron chi connectivity index (χ4n) is 3.95. The fraction of sp³-hybridized carbons (Fsp3) is 0.120. The van der Waals surface area contributed by atoms with Gasteiger partial charge in [-0.2, -0.15) is 4.98 Å². The monoisotopic (exact) mass is 504 g/mol. The lowest BCUT2D eigenvalue weighted by atomic mass is 10.1. The summed E-state index contributed by atoms with van der Waals surface area (Å²) >= 11 is 7.80. The Kier molecular flexibility index (Phi) is 6.10. The van der Waals surface area contributed by atoms with E-state index in [2.05, 4.69) is 20.3 Å². The summed E-state index contributed by atoms with van der Waals surface area (Å²) in [5.41, 5.74) is 8.51. The highest BCUT2D eigenvalue weighted by atomic mass is 35.5. The van der Waals surface area contributed by atoms with Gasteiger partial charge in [-0.15, -0.1) is 0 Å². The molecule has 3 aromatic heterocycles. The molecular weight excluding hydrogens is 484 g/mol. The molecule has 2 aromatic carbocycles. The zero-order chi connectivity index (χ0) is 24.5.